The molecule has 6 nitrogen and oxygen atoms in total. The maximum Gasteiger partial charge on any atom is 0.309 e. The second-order valence-electron chi connectivity index (χ2n) is 5.99. The molecule has 6 heteroatoms. The monoisotopic (exact) mass is 260 g/mol. The molecule has 0 aromatic heterocycles. The van der Waals surface area contributed by atoms with Gasteiger partial charge in [-0.15, -0.1) is 0 Å². The molecule has 0 spiro atoms. The van der Waals surface area contributed by atoms with Crippen molar-refractivity contribution in [2.24, 2.45) is 10.8 Å². The number of aliphatic hydroxyl groups excluding tert-OH is 1. The molecule has 0 bridgehead atoms. The molecule has 1 rings (SSSR count). The predicted octanol–water partition coefficient (Wildman–Crippen LogP) is 1.08. The van der Waals surface area contributed by atoms with Crippen LogP contribution in [-0.4, -0.2) is 39.7 Å². The molecule has 0 aliphatic heterocycles. The first-order chi connectivity index (χ1) is 8.07. The molecule has 0 amide bonds. The molecule has 1 aliphatic carbocycles. The van der Waals surface area contributed by atoms with Crippen LogP contribution in [0.2, 0.25) is 0 Å². The Balaban J connectivity index is 3.15. The number of aliphatic hydroxyl groups is 1. The van der Waals surface area contributed by atoms with Crippen molar-refractivity contribution < 1.29 is 29.6 Å². The van der Waals surface area contributed by atoms with Crippen LogP contribution < -0.4 is 0 Å². The van der Waals surface area contributed by atoms with E-state index in [-0.39, 0.29) is 19.3 Å². The first-order valence-electron chi connectivity index (χ1n) is 5.79. The van der Waals surface area contributed by atoms with E-state index in [4.69, 9.17) is 9.84 Å². The fraction of sp³-hybridized carbons (Fsp3) is 0.833. The van der Waals surface area contributed by atoms with Crippen LogP contribution in [0.15, 0.2) is 0 Å². The smallest absolute Gasteiger partial charge is 0.309 e. The van der Waals surface area contributed by atoms with Crippen molar-refractivity contribution in [1.29, 1.82) is 0 Å². The van der Waals surface area contributed by atoms with Crippen LogP contribution in [0.3, 0.4) is 0 Å². The van der Waals surface area contributed by atoms with Gasteiger partial charge in [-0.25, -0.2) is 0 Å². The maximum absolute atomic E-state index is 11.4. The third kappa shape index (κ3) is 2.64. The van der Waals surface area contributed by atoms with E-state index >= 15 is 0 Å². The largest absolute Gasteiger partial charge is 0.481 e. The van der Waals surface area contributed by atoms with E-state index in [2.05, 4.69) is 0 Å². The lowest BCUT2D eigenvalue weighted by atomic mass is 9.58. The standard InChI is InChI=1S/C12H20O6/c1-10(8(14)15)4-11(2,9(16)17)6-12(3,5-10)18-7-13/h13H,4-7H2,1-3H3,(H,14,15)(H,16,17). The minimum Gasteiger partial charge on any atom is -0.481 e. The highest BCUT2D eigenvalue weighted by Gasteiger charge is 2.56. The molecule has 1 aliphatic rings. The Bertz CT molecular complexity index is 338. The molecule has 1 saturated carbocycles. The molecule has 0 radical (unpaired) electrons. The summed E-state index contributed by atoms with van der Waals surface area (Å²) in [5.74, 6) is -2.08. The van der Waals surface area contributed by atoms with Crippen LogP contribution in [0, 0.1) is 10.8 Å². The van der Waals surface area contributed by atoms with E-state index in [1.54, 1.807) is 6.92 Å². The Morgan fingerprint density at radius 1 is 1.00 bits per heavy atom. The van der Waals surface area contributed by atoms with Gasteiger partial charge >= 0.3 is 11.9 Å². The van der Waals surface area contributed by atoms with Crippen LogP contribution in [0.1, 0.15) is 40.0 Å². The molecule has 18 heavy (non-hydrogen) atoms. The number of carbonyl (C=O) groups is 2. The average molecular weight is 260 g/mol. The number of hydrogen-bond acceptors (Lipinski definition) is 4. The summed E-state index contributed by atoms with van der Waals surface area (Å²) in [6.45, 7) is 4.13. The lowest BCUT2D eigenvalue weighted by Gasteiger charge is -2.48. The predicted molar refractivity (Wildman–Crippen MR) is 61.9 cm³/mol. The van der Waals surface area contributed by atoms with Crippen LogP contribution in [0.4, 0.5) is 0 Å². The number of carboxylic acids is 2. The summed E-state index contributed by atoms with van der Waals surface area (Å²) in [6, 6.07) is 0. The second kappa shape index (κ2) is 4.51. The number of aliphatic carboxylic acids is 2. The third-order valence-electron chi connectivity index (χ3n) is 3.75. The fourth-order valence-corrected chi connectivity index (χ4v) is 3.26. The van der Waals surface area contributed by atoms with Gasteiger partial charge in [0.05, 0.1) is 16.4 Å². The summed E-state index contributed by atoms with van der Waals surface area (Å²) >= 11 is 0. The zero-order valence-electron chi connectivity index (χ0n) is 10.9. The summed E-state index contributed by atoms with van der Waals surface area (Å²) < 4.78 is 5.19. The first-order valence-corrected chi connectivity index (χ1v) is 5.79. The SMILES string of the molecule is CC1(OCO)CC(C)(C(=O)O)CC(C)(C(=O)O)C1. The van der Waals surface area contributed by atoms with Crippen molar-refractivity contribution in [1.82, 2.24) is 0 Å². The van der Waals surface area contributed by atoms with Gasteiger partial charge in [0.2, 0.25) is 0 Å². The molecule has 0 aromatic carbocycles. The number of hydrogen-bond donors (Lipinski definition) is 3. The van der Waals surface area contributed by atoms with E-state index < -0.39 is 35.2 Å². The normalized spacial score (nSPS) is 40.4. The van der Waals surface area contributed by atoms with Crippen LogP contribution in [-0.2, 0) is 14.3 Å². The van der Waals surface area contributed by atoms with Crippen LogP contribution in [0.5, 0.6) is 0 Å². The van der Waals surface area contributed by atoms with E-state index in [1.165, 1.54) is 13.8 Å². The van der Waals surface area contributed by atoms with E-state index in [9.17, 15) is 19.8 Å². The van der Waals surface area contributed by atoms with Crippen molar-refractivity contribution >= 4 is 11.9 Å². The van der Waals surface area contributed by atoms with Gasteiger partial charge in [0.25, 0.3) is 0 Å². The minimum absolute atomic E-state index is 0.0506. The molecule has 0 heterocycles. The molecule has 2 atom stereocenters. The zero-order valence-corrected chi connectivity index (χ0v) is 10.9. The maximum atomic E-state index is 11.4. The van der Waals surface area contributed by atoms with Crippen molar-refractivity contribution in [3.63, 3.8) is 0 Å². The van der Waals surface area contributed by atoms with Gasteiger partial charge in [0.15, 0.2) is 0 Å². The molecule has 3 N–H and O–H groups in total. The Morgan fingerprint density at radius 2 is 1.39 bits per heavy atom. The van der Waals surface area contributed by atoms with Gasteiger partial charge in [-0.2, -0.15) is 0 Å². The molecular formula is C12H20O6. The zero-order chi connectivity index (χ0) is 14.2. The Hall–Kier alpha value is -1.14. The Morgan fingerprint density at radius 3 is 1.67 bits per heavy atom. The first kappa shape index (κ1) is 14.9. The average Bonchev–Trinajstić information content (AvgIpc) is 2.14. The summed E-state index contributed by atoms with van der Waals surface area (Å²) in [6.07, 6.45) is 0.409. The summed E-state index contributed by atoms with van der Waals surface area (Å²) in [5.41, 5.74) is -3.29. The lowest BCUT2D eigenvalue weighted by Crippen LogP contribution is -2.53. The summed E-state index contributed by atoms with van der Waals surface area (Å²) in [5, 5.41) is 27.5. The van der Waals surface area contributed by atoms with E-state index in [0.29, 0.717) is 0 Å². The number of ether oxygens (including phenoxy) is 1. The highest BCUT2D eigenvalue weighted by atomic mass is 16.6. The topological polar surface area (TPSA) is 104 Å². The van der Waals surface area contributed by atoms with Crippen LogP contribution in [0.25, 0.3) is 0 Å². The number of rotatable bonds is 4. The van der Waals surface area contributed by atoms with Gasteiger partial charge in [-0.1, -0.05) is 0 Å². The highest BCUT2D eigenvalue weighted by molar-refractivity contribution is 5.79. The summed E-state index contributed by atoms with van der Waals surface area (Å²) in [4.78, 5) is 22.7. The molecular weight excluding hydrogens is 240 g/mol. The quantitative estimate of drug-likeness (QED) is 0.653. The Labute approximate surface area is 106 Å². The molecule has 2 unspecified atom stereocenters. The number of carboxylic acid groups (broad SMARTS) is 2. The summed E-state index contributed by atoms with van der Waals surface area (Å²) in [7, 11) is 0. The van der Waals surface area contributed by atoms with Crippen molar-refractivity contribution in [2.45, 2.75) is 45.6 Å². The molecule has 0 saturated heterocycles. The lowest BCUT2D eigenvalue weighted by molar-refractivity contribution is -0.193. The van der Waals surface area contributed by atoms with Gasteiger partial charge in [0, 0.05) is 0 Å². The van der Waals surface area contributed by atoms with Crippen LogP contribution >= 0.6 is 0 Å². The second-order valence-corrected chi connectivity index (χ2v) is 5.99. The fourth-order valence-electron chi connectivity index (χ4n) is 3.26. The molecule has 0 aromatic rings. The van der Waals surface area contributed by atoms with Gasteiger partial charge < -0.3 is 20.1 Å². The van der Waals surface area contributed by atoms with Crippen molar-refractivity contribution in [3.8, 4) is 0 Å². The molecule has 1 fully saturated rings. The van der Waals surface area contributed by atoms with Gasteiger partial charge in [-0.05, 0) is 40.0 Å². The van der Waals surface area contributed by atoms with E-state index in [1.807, 2.05) is 0 Å². The van der Waals surface area contributed by atoms with Gasteiger partial charge in [0.1, 0.15) is 6.79 Å². The van der Waals surface area contributed by atoms with E-state index in [0.717, 1.165) is 0 Å². The van der Waals surface area contributed by atoms with Crippen molar-refractivity contribution in [3.05, 3.63) is 0 Å². The Kier molecular flexibility index (Phi) is 3.74. The third-order valence-corrected chi connectivity index (χ3v) is 3.75. The van der Waals surface area contributed by atoms with Crippen molar-refractivity contribution in [2.75, 3.05) is 6.79 Å². The van der Waals surface area contributed by atoms with Gasteiger partial charge in [-0.3, -0.25) is 9.59 Å². The molecule has 104 valence electrons. The highest BCUT2D eigenvalue weighted by Crippen LogP contribution is 2.52. The minimum atomic E-state index is -1.17.